The van der Waals surface area contributed by atoms with E-state index in [4.69, 9.17) is 0 Å². The third-order valence-corrected chi connectivity index (χ3v) is 8.94. The van der Waals surface area contributed by atoms with Crippen LogP contribution in [0.4, 0.5) is 0 Å². The van der Waals surface area contributed by atoms with Crippen LogP contribution in [-0.4, -0.2) is 61.0 Å². The van der Waals surface area contributed by atoms with E-state index < -0.39 is 0 Å². The first-order chi connectivity index (χ1) is 30.9. The molecular formula is C60H106N6O6. The van der Waals surface area contributed by atoms with Crippen LogP contribution in [0.1, 0.15) is 83.4 Å². The topological polar surface area (TPSA) is 358 Å². The van der Waals surface area contributed by atoms with Gasteiger partial charge in [0.15, 0.2) is 0 Å². The molecule has 8 rings (SSSR count). The van der Waals surface area contributed by atoms with E-state index in [0.29, 0.717) is 0 Å². The van der Waals surface area contributed by atoms with Crippen molar-refractivity contribution in [3.8, 4) is 33.4 Å². The van der Waals surface area contributed by atoms with Gasteiger partial charge >= 0.3 is 0 Å². The highest BCUT2D eigenvalue weighted by Crippen LogP contribution is 2.26. The first-order valence-corrected chi connectivity index (χ1v) is 23.0. The van der Waals surface area contributed by atoms with Crippen LogP contribution < -0.4 is 35.2 Å². The molecular weight excluding hydrogens is 901 g/mol. The van der Waals surface area contributed by atoms with Crippen molar-refractivity contribution < 1.29 is 32.9 Å². The maximum Gasteiger partial charge on any atom is -0.0167 e. The van der Waals surface area contributed by atoms with E-state index in [9.17, 15) is 0 Å². The minimum absolute atomic E-state index is 0. The summed E-state index contributed by atoms with van der Waals surface area (Å²) in [6, 6.07) is 69.1. The number of nitrogens with two attached hydrogens (primary N) is 2. The van der Waals surface area contributed by atoms with Crippen LogP contribution in [0.5, 0.6) is 0 Å². The molecule has 7 aromatic rings. The fraction of sp³-hybridized carbons (Fsp3) is 0.300. The number of nitrogens with one attached hydrogen (secondary N) is 1. The Bertz CT molecular complexity index is 1900. The maximum absolute atomic E-state index is 4.50. The Morgan fingerprint density at radius 3 is 0.750 bits per heavy atom. The molecule has 412 valence electrons. The fourth-order valence-corrected chi connectivity index (χ4v) is 6.09. The first-order valence-electron chi connectivity index (χ1n) is 23.0. The molecule has 0 bridgehead atoms. The first kappa shape index (κ1) is 92.2. The van der Waals surface area contributed by atoms with E-state index in [1.807, 2.05) is 96.4 Å². The van der Waals surface area contributed by atoms with Crippen LogP contribution in [0.2, 0.25) is 0 Å². The van der Waals surface area contributed by atoms with Gasteiger partial charge in [-0.25, -0.2) is 0 Å². The molecule has 0 atom stereocenters. The van der Waals surface area contributed by atoms with Crippen LogP contribution in [0.25, 0.3) is 33.4 Å². The van der Waals surface area contributed by atoms with Crippen molar-refractivity contribution in [3.05, 3.63) is 217 Å². The molecule has 12 nitrogen and oxygen atoms in total. The molecule has 12 heteroatoms. The number of hydrogen-bond donors (Lipinski definition) is 6. The molecule has 1 saturated carbocycles. The highest BCUT2D eigenvalue weighted by atomic mass is 16.0. The molecule has 0 saturated heterocycles. The van der Waals surface area contributed by atoms with E-state index in [1.165, 1.54) is 96.3 Å². The Morgan fingerprint density at radius 1 is 0.319 bits per heavy atom. The number of aryl methyl sites for hydroxylation is 3. The average Bonchev–Trinajstić information content (AvgIpc) is 3.37. The Morgan fingerprint density at radius 2 is 0.528 bits per heavy atom. The minimum Gasteiger partial charge on any atom is -0.412 e. The Balaban J connectivity index is -0.0000000690. The molecule has 1 fully saturated rings. The van der Waals surface area contributed by atoms with E-state index in [2.05, 4.69) is 190 Å². The summed E-state index contributed by atoms with van der Waals surface area (Å²) in [6.45, 7) is 16.7. The van der Waals surface area contributed by atoms with Crippen molar-refractivity contribution in [2.24, 2.45) is 17.4 Å². The van der Waals surface area contributed by atoms with E-state index >= 15 is 0 Å². The normalized spacial score (nSPS) is 9.08. The van der Waals surface area contributed by atoms with E-state index in [1.54, 1.807) is 0 Å². The third kappa shape index (κ3) is 46.4. The predicted octanol–water partition coefficient (Wildman–Crippen LogP) is 11.8. The number of rotatable bonds is 3. The van der Waals surface area contributed by atoms with Gasteiger partial charge in [-0.2, -0.15) is 0 Å². The molecule has 1 aliphatic carbocycles. The standard InChI is InChI=1S/C18H14.C13H12.C8H10.C7H14.C6H6.C2H7N.2C2H6.2CH5N.3H3N.6H2O/c1-3-8-15(9-4-1)17-12-7-13-18(14-17)16-10-5-2-6-11-16;1-11-6-5-9-13(10-11)12-7-3-2-4-8-12;1-7-4-3-5-8(2)6-7;1-7-5-3-2-4-6-7;1-2-4-6-5-3-1;1-3-2;4*1-2;;;;;;;;;/h1-14H;2-10H,1H3;3-6H,1-2H3;7H,2-6H2,1H3;1-6H;3H,1-2H3;2*1-2H3;2*2H2,1H3;3*1H3;6*1H2. The van der Waals surface area contributed by atoms with Crippen LogP contribution in [-0.2, 0) is 0 Å². The summed E-state index contributed by atoms with van der Waals surface area (Å²) in [6.07, 6.45) is 7.44. The van der Waals surface area contributed by atoms with Gasteiger partial charge in [0.25, 0.3) is 0 Å². The van der Waals surface area contributed by atoms with Crippen molar-refractivity contribution in [3.63, 3.8) is 0 Å². The summed E-state index contributed by atoms with van der Waals surface area (Å²) < 4.78 is 0. The summed E-state index contributed by atoms with van der Waals surface area (Å²) in [7, 11) is 6.75. The summed E-state index contributed by atoms with van der Waals surface area (Å²) in [5.74, 6) is 1.04. The second kappa shape index (κ2) is 67.1. The van der Waals surface area contributed by atoms with E-state index in [-0.39, 0.29) is 51.3 Å². The summed E-state index contributed by atoms with van der Waals surface area (Å²) in [5.41, 5.74) is 20.6. The minimum atomic E-state index is 0. The predicted molar refractivity (Wildman–Crippen MR) is 323 cm³/mol. The lowest BCUT2D eigenvalue weighted by molar-refractivity contribution is 0.385. The summed E-state index contributed by atoms with van der Waals surface area (Å²) in [4.78, 5) is 0. The summed E-state index contributed by atoms with van der Waals surface area (Å²) in [5, 5.41) is 2.75. The lowest BCUT2D eigenvalue weighted by Gasteiger charge is -2.15. The molecule has 1 aliphatic rings. The highest BCUT2D eigenvalue weighted by molar-refractivity contribution is 5.73. The number of benzene rings is 7. The van der Waals surface area contributed by atoms with Gasteiger partial charge in [-0.3, -0.25) is 0 Å². The Labute approximate surface area is 438 Å². The monoisotopic (exact) mass is 1010 g/mol. The molecule has 0 aromatic heterocycles. The zero-order valence-electron chi connectivity index (χ0n) is 46.4. The fourth-order valence-electron chi connectivity index (χ4n) is 6.09. The van der Waals surface area contributed by atoms with Crippen LogP contribution in [0, 0.1) is 26.7 Å². The lowest BCUT2D eigenvalue weighted by Crippen LogP contribution is -1.99. The van der Waals surface area contributed by atoms with Crippen molar-refractivity contribution in [2.45, 2.75) is 87.5 Å². The molecule has 0 aliphatic heterocycles. The lowest BCUT2D eigenvalue weighted by atomic mass is 9.91. The van der Waals surface area contributed by atoms with Gasteiger partial charge in [-0.05, 0) is 94.3 Å². The van der Waals surface area contributed by atoms with Gasteiger partial charge in [0, 0.05) is 0 Å². The number of hydrogen-bond acceptors (Lipinski definition) is 6. The van der Waals surface area contributed by atoms with Gasteiger partial charge in [0.1, 0.15) is 0 Å². The molecule has 72 heavy (non-hydrogen) atoms. The smallest absolute Gasteiger partial charge is 0.0167 e. The Kier molecular flexibility index (Phi) is 86.0. The van der Waals surface area contributed by atoms with Crippen molar-refractivity contribution in [1.82, 2.24) is 23.8 Å². The third-order valence-electron chi connectivity index (χ3n) is 8.94. The SMILES string of the molecule is CC.CC.CC1CCCCC1.CN.CN.CNC.Cc1cccc(-c2ccccc2)c1.Cc1cccc(C)c1.N.N.N.O.O.O.O.O.O.c1ccc(-c2cccc(-c3ccccc3)c2)cc1.c1ccccc1. The largest absolute Gasteiger partial charge is 0.412 e. The molecule has 0 unspecified atom stereocenters. The van der Waals surface area contributed by atoms with Gasteiger partial charge in [-0.1, -0.05) is 278 Å². The zero-order valence-corrected chi connectivity index (χ0v) is 46.4. The van der Waals surface area contributed by atoms with Crippen molar-refractivity contribution in [1.29, 1.82) is 0 Å². The van der Waals surface area contributed by atoms with Gasteiger partial charge in [0.2, 0.25) is 0 Å². The van der Waals surface area contributed by atoms with Crippen LogP contribution in [0.3, 0.4) is 0 Å². The molecule has 0 heterocycles. The van der Waals surface area contributed by atoms with Gasteiger partial charge in [-0.15, -0.1) is 0 Å². The van der Waals surface area contributed by atoms with Crippen molar-refractivity contribution in [2.75, 3.05) is 28.2 Å². The molecule has 0 amide bonds. The summed E-state index contributed by atoms with van der Waals surface area (Å²) >= 11 is 0. The molecule has 7 aromatic carbocycles. The molecule has 0 radical (unpaired) electrons. The van der Waals surface area contributed by atoms with E-state index in [0.717, 1.165) is 5.92 Å². The van der Waals surface area contributed by atoms with Gasteiger partial charge < -0.3 is 68.1 Å². The second-order valence-electron chi connectivity index (χ2n) is 14.1. The Hall–Kier alpha value is -5.94. The molecule has 26 N–H and O–H groups in total. The quantitative estimate of drug-likeness (QED) is 0.0998. The molecule has 0 spiro atoms. The van der Waals surface area contributed by atoms with Gasteiger partial charge in [0.05, 0.1) is 0 Å². The average molecular weight is 1010 g/mol. The zero-order chi connectivity index (χ0) is 47.4. The highest BCUT2D eigenvalue weighted by Gasteiger charge is 2.06. The second-order valence-corrected chi connectivity index (χ2v) is 14.1. The van der Waals surface area contributed by atoms with Crippen LogP contribution in [0.15, 0.2) is 200 Å². The maximum atomic E-state index is 4.50. The van der Waals surface area contributed by atoms with Crippen LogP contribution >= 0.6 is 0 Å². The van der Waals surface area contributed by atoms with Crippen molar-refractivity contribution >= 4 is 0 Å².